The molecule has 0 aliphatic carbocycles. The Bertz CT molecular complexity index is 2010. The van der Waals surface area contributed by atoms with Gasteiger partial charge in [-0.1, -0.05) is 58.4 Å². The molecule has 12 heteroatoms. The Morgan fingerprint density at radius 1 is 0.844 bits per heavy atom. The maximum Gasteiger partial charge on any atom is 0.269 e. The van der Waals surface area contributed by atoms with E-state index in [1.807, 2.05) is 60.7 Å². The Hall–Kier alpha value is -3.71. The number of anilines is 2. The molecule has 1 fully saturated rings. The molecule has 45 heavy (non-hydrogen) atoms. The summed E-state index contributed by atoms with van der Waals surface area (Å²) in [5.41, 5.74) is 4.41. The van der Waals surface area contributed by atoms with Gasteiger partial charge in [0.15, 0.2) is 5.65 Å². The summed E-state index contributed by atoms with van der Waals surface area (Å²) < 4.78 is 54.2. The highest BCUT2D eigenvalue weighted by atomic mass is 79.9. The lowest BCUT2D eigenvalue weighted by Crippen LogP contribution is -2.38. The van der Waals surface area contributed by atoms with Gasteiger partial charge >= 0.3 is 0 Å². The number of sulfone groups is 1. The average molecular weight is 709 g/mol. The van der Waals surface area contributed by atoms with Gasteiger partial charge in [0.1, 0.15) is 9.84 Å². The largest absolute Gasteiger partial charge is 0.368 e. The van der Waals surface area contributed by atoms with Crippen molar-refractivity contribution in [3.05, 3.63) is 107 Å². The highest BCUT2D eigenvalue weighted by molar-refractivity contribution is 9.10. The molecule has 3 aromatic carbocycles. The second kappa shape index (κ2) is 13.0. The van der Waals surface area contributed by atoms with Gasteiger partial charge in [0.25, 0.3) is 10.0 Å². The lowest BCUT2D eigenvalue weighted by atomic mass is 10.1. The summed E-state index contributed by atoms with van der Waals surface area (Å²) in [4.78, 5) is 7.05. The Kier molecular flexibility index (Phi) is 9.00. The number of rotatable bonds is 10. The van der Waals surface area contributed by atoms with Crippen molar-refractivity contribution >= 4 is 58.2 Å². The maximum atomic E-state index is 14.0. The van der Waals surface area contributed by atoms with Crippen molar-refractivity contribution in [3.63, 3.8) is 0 Å². The molecule has 0 bridgehead atoms. The molecule has 9 nitrogen and oxygen atoms in total. The molecule has 0 radical (unpaired) electrons. The van der Waals surface area contributed by atoms with Crippen LogP contribution >= 0.6 is 15.9 Å². The van der Waals surface area contributed by atoms with E-state index in [2.05, 4.69) is 36.4 Å². The highest BCUT2D eigenvalue weighted by Crippen LogP contribution is 2.33. The molecule has 1 aliphatic rings. The van der Waals surface area contributed by atoms with Crippen LogP contribution in [0.2, 0.25) is 0 Å². The van der Waals surface area contributed by atoms with Crippen LogP contribution in [0.3, 0.4) is 0 Å². The van der Waals surface area contributed by atoms with Crippen LogP contribution in [0.1, 0.15) is 18.4 Å². The minimum Gasteiger partial charge on any atom is -0.368 e. The normalized spacial score (nSPS) is 14.9. The third kappa shape index (κ3) is 7.09. The minimum atomic E-state index is -3.96. The topological polar surface area (TPSA) is 113 Å². The third-order valence-corrected chi connectivity index (χ3v) is 12.0. The van der Waals surface area contributed by atoms with Gasteiger partial charge in [0.2, 0.25) is 0 Å². The summed E-state index contributed by atoms with van der Waals surface area (Å²) in [7, 11) is -6.98. The fourth-order valence-electron chi connectivity index (χ4n) is 5.66. The van der Waals surface area contributed by atoms with Crippen molar-refractivity contribution in [1.82, 2.24) is 13.9 Å². The van der Waals surface area contributed by atoms with E-state index in [4.69, 9.17) is 0 Å². The van der Waals surface area contributed by atoms with Gasteiger partial charge in [0.05, 0.1) is 34.4 Å². The van der Waals surface area contributed by atoms with E-state index in [9.17, 15) is 16.8 Å². The smallest absolute Gasteiger partial charge is 0.269 e. The molecule has 234 valence electrons. The average Bonchev–Trinajstić information content (AvgIpc) is 3.42. The van der Waals surface area contributed by atoms with Gasteiger partial charge in [0, 0.05) is 28.3 Å². The van der Waals surface area contributed by atoms with Crippen LogP contribution in [0.25, 0.3) is 22.3 Å². The molecule has 2 N–H and O–H groups in total. The Labute approximate surface area is 272 Å². The van der Waals surface area contributed by atoms with Crippen molar-refractivity contribution in [2.24, 2.45) is 0 Å². The van der Waals surface area contributed by atoms with Crippen LogP contribution in [0.15, 0.2) is 107 Å². The fraction of sp³-hybridized carbons (Fsp3) is 0.242. The van der Waals surface area contributed by atoms with Gasteiger partial charge in [-0.2, -0.15) is 0 Å². The summed E-state index contributed by atoms with van der Waals surface area (Å²) >= 11 is 3.44. The number of pyridine rings is 1. The molecule has 0 unspecified atom stereocenters. The van der Waals surface area contributed by atoms with Gasteiger partial charge in [-0.05, 0) is 85.6 Å². The molecule has 3 heterocycles. The second-order valence-corrected chi connectivity index (χ2v) is 16.3. The summed E-state index contributed by atoms with van der Waals surface area (Å²) in [5, 5.41) is 7.05. The number of hydrogen-bond acceptors (Lipinski definition) is 8. The second-order valence-electron chi connectivity index (χ2n) is 11.3. The minimum absolute atomic E-state index is 0.181. The zero-order valence-electron chi connectivity index (χ0n) is 24.7. The summed E-state index contributed by atoms with van der Waals surface area (Å²) in [6, 6.07) is 27.9. The summed E-state index contributed by atoms with van der Waals surface area (Å²) in [6.45, 7) is 2.61. The molecular weight excluding hydrogens is 674 g/mol. The van der Waals surface area contributed by atoms with Crippen LogP contribution in [0.5, 0.6) is 0 Å². The van der Waals surface area contributed by atoms with Gasteiger partial charge in [-0.15, -0.1) is 0 Å². The number of benzene rings is 3. The molecule has 0 spiro atoms. The first-order valence-electron chi connectivity index (χ1n) is 14.6. The van der Waals surface area contributed by atoms with Crippen LogP contribution in [-0.4, -0.2) is 62.0 Å². The third-order valence-electron chi connectivity index (χ3n) is 8.11. The lowest BCUT2D eigenvalue weighted by Gasteiger charge is -2.31. The van der Waals surface area contributed by atoms with Gasteiger partial charge < -0.3 is 10.6 Å². The van der Waals surface area contributed by atoms with E-state index in [1.165, 1.54) is 10.2 Å². The van der Waals surface area contributed by atoms with Gasteiger partial charge in [-0.25, -0.2) is 25.8 Å². The number of nitrogens with zero attached hydrogens (tertiary/aromatic N) is 3. The van der Waals surface area contributed by atoms with Crippen molar-refractivity contribution in [1.29, 1.82) is 0 Å². The first-order chi connectivity index (χ1) is 21.6. The Morgan fingerprint density at radius 2 is 1.51 bits per heavy atom. The van der Waals surface area contributed by atoms with Crippen LogP contribution in [-0.2, 0) is 26.4 Å². The van der Waals surface area contributed by atoms with Crippen molar-refractivity contribution < 1.29 is 16.8 Å². The number of piperidine rings is 1. The SMILES string of the molecule is CS(=O)(=O)C1CCN(Cc2ccc(-c3cc4cc(NCNc5ccc(Br)cc5)cnc4n3S(=O)(=O)c3ccccc3)cc2)CC1. The van der Waals surface area contributed by atoms with Gasteiger partial charge in [-0.3, -0.25) is 4.90 Å². The number of hydrogen-bond donors (Lipinski definition) is 2. The van der Waals surface area contributed by atoms with E-state index in [0.29, 0.717) is 42.8 Å². The number of fused-ring (bicyclic) bond motifs is 1. The monoisotopic (exact) mass is 707 g/mol. The zero-order chi connectivity index (χ0) is 31.6. The molecule has 6 rings (SSSR count). The number of nitrogens with one attached hydrogen (secondary N) is 2. The highest BCUT2D eigenvalue weighted by Gasteiger charge is 2.27. The van der Waals surface area contributed by atoms with Crippen LogP contribution in [0.4, 0.5) is 11.4 Å². The van der Waals surface area contributed by atoms with E-state index < -0.39 is 19.9 Å². The molecular formula is C33H34BrN5O4S2. The first kappa shape index (κ1) is 31.3. The van der Waals surface area contributed by atoms with Crippen LogP contribution < -0.4 is 10.6 Å². The summed E-state index contributed by atoms with van der Waals surface area (Å²) in [6.07, 6.45) is 4.23. The van der Waals surface area contributed by atoms with E-state index in [1.54, 1.807) is 36.5 Å². The maximum absolute atomic E-state index is 14.0. The predicted octanol–water partition coefficient (Wildman–Crippen LogP) is 6.19. The Balaban J connectivity index is 1.27. The van der Waals surface area contributed by atoms with Crippen molar-refractivity contribution in [2.75, 3.05) is 36.6 Å². The molecule has 1 aliphatic heterocycles. The van der Waals surface area contributed by atoms with Crippen molar-refractivity contribution in [3.8, 4) is 11.3 Å². The molecule has 0 amide bonds. The molecule has 1 saturated heterocycles. The summed E-state index contributed by atoms with van der Waals surface area (Å²) in [5.74, 6) is 0. The predicted molar refractivity (Wildman–Crippen MR) is 184 cm³/mol. The fourth-order valence-corrected chi connectivity index (χ4v) is 8.50. The molecule has 2 aromatic heterocycles. The first-order valence-corrected chi connectivity index (χ1v) is 18.8. The van der Waals surface area contributed by atoms with Crippen LogP contribution in [0, 0.1) is 0 Å². The number of likely N-dealkylation sites (tertiary alicyclic amines) is 1. The Morgan fingerprint density at radius 3 is 2.18 bits per heavy atom. The lowest BCUT2D eigenvalue weighted by molar-refractivity contribution is 0.222. The molecule has 0 saturated carbocycles. The van der Waals surface area contributed by atoms with E-state index in [-0.39, 0.29) is 10.1 Å². The molecule has 5 aromatic rings. The number of halogens is 1. The zero-order valence-corrected chi connectivity index (χ0v) is 27.9. The van der Waals surface area contributed by atoms with E-state index >= 15 is 0 Å². The number of aromatic nitrogens is 2. The van der Waals surface area contributed by atoms with E-state index in [0.717, 1.165) is 40.1 Å². The quantitative estimate of drug-likeness (QED) is 0.165. The van der Waals surface area contributed by atoms with Crippen molar-refractivity contribution in [2.45, 2.75) is 29.5 Å². The molecule has 0 atom stereocenters. The standard InChI is InChI=1S/C33H34BrN5O4S2/c1-44(40,41)30-15-17-38(18-16-30)22-24-7-9-25(10-8-24)32-20-26-19-29(37-23-36-28-13-11-27(34)12-14-28)21-35-33(26)39(32)45(42,43)31-5-3-2-4-6-31/h2-14,19-21,30,36-37H,15-18,22-23H2,1H3.